The third-order valence-electron chi connectivity index (χ3n) is 4.25. The van der Waals surface area contributed by atoms with Gasteiger partial charge in [0.1, 0.15) is 12.4 Å². The van der Waals surface area contributed by atoms with Crippen LogP contribution in [0.5, 0.6) is 5.75 Å². The van der Waals surface area contributed by atoms with Crippen LogP contribution in [0.2, 0.25) is 0 Å². The topological polar surface area (TPSA) is 55.8 Å². The maximum absolute atomic E-state index is 11.8. The van der Waals surface area contributed by atoms with Crippen LogP contribution in [-0.4, -0.2) is 24.3 Å². The molecule has 0 saturated carbocycles. The molecule has 148 valence electrons. The number of carbonyl (C=O) groups is 1. The molecule has 0 radical (unpaired) electrons. The molecule has 0 aliphatic heterocycles. The van der Waals surface area contributed by atoms with E-state index >= 15 is 0 Å². The van der Waals surface area contributed by atoms with E-state index < -0.39 is 5.97 Å². The molecule has 0 heterocycles. The van der Waals surface area contributed by atoms with Gasteiger partial charge in [-0.25, -0.2) is 4.79 Å². The van der Waals surface area contributed by atoms with Gasteiger partial charge in [-0.2, -0.15) is 0 Å². The highest BCUT2D eigenvalue weighted by Crippen LogP contribution is 2.28. The average Bonchev–Trinajstić information content (AvgIpc) is 2.71. The van der Waals surface area contributed by atoms with Gasteiger partial charge < -0.3 is 14.6 Å². The fraction of sp³-hybridized carbons (Fsp3) is 0.292. The Bertz CT molecular complexity index is 806. The van der Waals surface area contributed by atoms with Crippen LogP contribution in [-0.2, 0) is 22.6 Å². The Morgan fingerprint density at radius 2 is 1.93 bits per heavy atom. The highest BCUT2D eigenvalue weighted by Gasteiger charge is 2.10. The molecule has 2 rings (SSSR count). The largest absolute Gasteiger partial charge is 0.494 e. The highest BCUT2D eigenvalue weighted by atomic mass is 16.5. The molecule has 2 aromatic rings. The van der Waals surface area contributed by atoms with Crippen LogP contribution in [0, 0.1) is 0 Å². The molecule has 0 amide bonds. The van der Waals surface area contributed by atoms with Crippen LogP contribution in [0.1, 0.15) is 30.9 Å². The minimum atomic E-state index is -0.393. The van der Waals surface area contributed by atoms with Gasteiger partial charge in [-0.3, -0.25) is 0 Å². The number of hydrogen-bond acceptors (Lipinski definition) is 4. The number of aryl methyl sites for hydroxylation is 1. The molecule has 0 spiro atoms. The highest BCUT2D eigenvalue weighted by molar-refractivity contribution is 5.87. The summed E-state index contributed by atoms with van der Waals surface area (Å²) in [6, 6.07) is 14.0. The number of aliphatic hydroxyl groups excluding tert-OH is 1. The summed E-state index contributed by atoms with van der Waals surface area (Å²) in [7, 11) is 0. The summed E-state index contributed by atoms with van der Waals surface area (Å²) < 4.78 is 11.0. The summed E-state index contributed by atoms with van der Waals surface area (Å²) in [4.78, 5) is 11.8. The quantitative estimate of drug-likeness (QED) is 0.262. The summed E-state index contributed by atoms with van der Waals surface area (Å²) in [6.07, 6.45) is 4.28. The van der Waals surface area contributed by atoms with Gasteiger partial charge in [0.15, 0.2) is 0 Å². The predicted molar refractivity (Wildman–Crippen MR) is 112 cm³/mol. The maximum Gasteiger partial charge on any atom is 0.333 e. The van der Waals surface area contributed by atoms with Crippen molar-refractivity contribution in [3.63, 3.8) is 0 Å². The molecule has 0 aromatic heterocycles. The van der Waals surface area contributed by atoms with Crippen molar-refractivity contribution in [3.8, 4) is 16.9 Å². The molecular weight excluding hydrogens is 352 g/mol. The molecule has 0 saturated heterocycles. The van der Waals surface area contributed by atoms with Crippen LogP contribution in [0.4, 0.5) is 0 Å². The molecule has 2 aromatic carbocycles. The number of esters is 1. The maximum atomic E-state index is 11.8. The third-order valence-corrected chi connectivity index (χ3v) is 4.25. The Morgan fingerprint density at radius 3 is 2.57 bits per heavy atom. The molecule has 4 nitrogen and oxygen atoms in total. The van der Waals surface area contributed by atoms with Crippen LogP contribution in [0.3, 0.4) is 0 Å². The summed E-state index contributed by atoms with van der Waals surface area (Å²) in [6.45, 7) is 9.83. The van der Waals surface area contributed by atoms with Gasteiger partial charge in [-0.1, -0.05) is 43.0 Å². The number of benzene rings is 2. The summed E-state index contributed by atoms with van der Waals surface area (Å²) in [5.41, 5.74) is 4.54. The average molecular weight is 380 g/mol. The van der Waals surface area contributed by atoms with Crippen molar-refractivity contribution in [2.75, 3.05) is 13.2 Å². The van der Waals surface area contributed by atoms with E-state index in [1.807, 2.05) is 30.3 Å². The number of rotatable bonds is 11. The summed E-state index contributed by atoms with van der Waals surface area (Å²) >= 11 is 0. The molecular formula is C24H28O4. The number of ether oxygens (including phenoxy) is 2. The van der Waals surface area contributed by atoms with Crippen molar-refractivity contribution < 1.29 is 19.4 Å². The van der Waals surface area contributed by atoms with Crippen molar-refractivity contribution in [1.82, 2.24) is 0 Å². The van der Waals surface area contributed by atoms with Gasteiger partial charge in [-0.15, -0.1) is 6.58 Å². The van der Waals surface area contributed by atoms with E-state index in [0.29, 0.717) is 18.6 Å². The zero-order valence-corrected chi connectivity index (χ0v) is 16.4. The van der Waals surface area contributed by atoms with Crippen LogP contribution in [0.15, 0.2) is 67.3 Å². The van der Waals surface area contributed by atoms with Crippen LogP contribution in [0.25, 0.3) is 11.1 Å². The molecule has 0 aliphatic rings. The van der Waals surface area contributed by atoms with Crippen molar-refractivity contribution in [1.29, 1.82) is 0 Å². The smallest absolute Gasteiger partial charge is 0.333 e. The van der Waals surface area contributed by atoms with Crippen molar-refractivity contribution in [2.24, 2.45) is 0 Å². The first-order valence-electron chi connectivity index (χ1n) is 9.44. The molecule has 1 N–H and O–H groups in total. The Hall–Kier alpha value is -2.85. The van der Waals surface area contributed by atoms with Crippen molar-refractivity contribution >= 4 is 5.97 Å². The number of carbonyl (C=O) groups excluding carboxylic acids is 1. The molecule has 28 heavy (non-hydrogen) atoms. The predicted octanol–water partition coefficient (Wildman–Crippen LogP) is 4.85. The lowest BCUT2D eigenvalue weighted by atomic mass is 9.96. The minimum Gasteiger partial charge on any atom is -0.494 e. The Kier molecular flexibility index (Phi) is 8.50. The fourth-order valence-electron chi connectivity index (χ4n) is 2.72. The summed E-state index contributed by atoms with van der Waals surface area (Å²) in [5, 5.41) is 8.84. The lowest BCUT2D eigenvalue weighted by Gasteiger charge is -2.14. The third kappa shape index (κ3) is 6.39. The van der Waals surface area contributed by atoms with Gasteiger partial charge in [0.05, 0.1) is 6.61 Å². The van der Waals surface area contributed by atoms with Crippen molar-refractivity contribution in [3.05, 3.63) is 78.4 Å². The number of aliphatic hydroxyl groups is 1. The zero-order chi connectivity index (χ0) is 20.4. The van der Waals surface area contributed by atoms with E-state index in [4.69, 9.17) is 14.6 Å². The lowest BCUT2D eigenvalue weighted by Crippen LogP contribution is -2.06. The standard InChI is InChI=1S/C24H28O4/c1-4-5-7-19-8-13-23(21(16-19)17-28-24(26)18(2)3)20-9-11-22(12-10-20)27-15-6-14-25/h4,8-13,16,25H,1-2,5-7,14-15,17H2,3H3. The molecule has 4 heteroatoms. The van der Waals surface area contributed by atoms with E-state index in [1.54, 1.807) is 6.92 Å². The lowest BCUT2D eigenvalue weighted by molar-refractivity contribution is -0.140. The first kappa shape index (κ1) is 21.5. The molecule has 0 atom stereocenters. The monoisotopic (exact) mass is 380 g/mol. The molecule has 0 aliphatic carbocycles. The second kappa shape index (κ2) is 11.1. The zero-order valence-electron chi connectivity index (χ0n) is 16.4. The van der Waals surface area contributed by atoms with Crippen LogP contribution >= 0.6 is 0 Å². The Balaban J connectivity index is 2.23. The minimum absolute atomic E-state index is 0.114. The Morgan fingerprint density at radius 1 is 1.18 bits per heavy atom. The first-order chi connectivity index (χ1) is 13.5. The van der Waals surface area contributed by atoms with E-state index in [2.05, 4.69) is 31.4 Å². The molecule has 0 bridgehead atoms. The normalized spacial score (nSPS) is 10.4. The van der Waals surface area contributed by atoms with Gasteiger partial charge >= 0.3 is 5.97 Å². The van der Waals surface area contributed by atoms with Gasteiger partial charge in [-0.05, 0) is 54.2 Å². The number of hydrogen-bond donors (Lipinski definition) is 1. The second-order valence-corrected chi connectivity index (χ2v) is 6.63. The van der Waals surface area contributed by atoms with Crippen LogP contribution < -0.4 is 4.74 Å². The van der Waals surface area contributed by atoms with Gasteiger partial charge in [0, 0.05) is 18.6 Å². The van der Waals surface area contributed by atoms with E-state index in [0.717, 1.165) is 35.3 Å². The van der Waals surface area contributed by atoms with Gasteiger partial charge in [0.25, 0.3) is 0 Å². The SMILES string of the molecule is C=CCCc1ccc(-c2ccc(OCCCO)cc2)c(COC(=O)C(=C)C)c1. The molecule has 0 unspecified atom stereocenters. The number of allylic oxidation sites excluding steroid dienone is 1. The van der Waals surface area contributed by atoms with E-state index in [-0.39, 0.29) is 13.2 Å². The Labute approximate surface area is 167 Å². The first-order valence-corrected chi connectivity index (χ1v) is 9.44. The summed E-state index contributed by atoms with van der Waals surface area (Å²) in [5.74, 6) is 0.366. The van der Waals surface area contributed by atoms with E-state index in [1.165, 1.54) is 5.56 Å². The second-order valence-electron chi connectivity index (χ2n) is 6.63. The van der Waals surface area contributed by atoms with Crippen molar-refractivity contribution in [2.45, 2.75) is 32.8 Å². The van der Waals surface area contributed by atoms with E-state index in [9.17, 15) is 4.79 Å². The van der Waals surface area contributed by atoms with Gasteiger partial charge in [0.2, 0.25) is 0 Å². The fourth-order valence-corrected chi connectivity index (χ4v) is 2.72. The molecule has 0 fully saturated rings.